The van der Waals surface area contributed by atoms with Gasteiger partial charge in [0.1, 0.15) is 13.2 Å². The Bertz CT molecular complexity index is 367. The van der Waals surface area contributed by atoms with Gasteiger partial charge in [-0.3, -0.25) is 4.79 Å². The Morgan fingerprint density at radius 2 is 1.73 bits per heavy atom. The highest BCUT2D eigenvalue weighted by molar-refractivity contribution is 5.75. The van der Waals surface area contributed by atoms with E-state index in [4.69, 9.17) is 18.9 Å². The van der Waals surface area contributed by atoms with Crippen LogP contribution in [0, 0.1) is 5.41 Å². The van der Waals surface area contributed by atoms with E-state index in [1.54, 1.807) is 20.8 Å². The normalized spacial score (nSPS) is 10.7. The summed E-state index contributed by atoms with van der Waals surface area (Å²) in [5.74, 6) is 0.262. The van der Waals surface area contributed by atoms with Crippen LogP contribution in [0.5, 0.6) is 0 Å². The second-order valence-corrected chi connectivity index (χ2v) is 5.31. The highest BCUT2D eigenvalue weighted by Crippen LogP contribution is 2.21. The second-order valence-electron chi connectivity index (χ2n) is 5.31. The minimum atomic E-state index is -0.588. The summed E-state index contributed by atoms with van der Waals surface area (Å²) in [5.41, 5.74) is -0.522. The quantitative estimate of drug-likeness (QED) is 0.272. The number of carbonyl (C=O) groups excluding carboxylic acids is 2. The number of amides is 1. The maximum absolute atomic E-state index is 11.6. The smallest absolute Gasteiger partial charge is 0.407 e. The first-order valence-corrected chi connectivity index (χ1v) is 7.23. The predicted octanol–water partition coefficient (Wildman–Crippen LogP) is 2.22. The summed E-state index contributed by atoms with van der Waals surface area (Å²) in [6.45, 7) is 11.5. The molecule has 0 heterocycles. The van der Waals surface area contributed by atoms with Crippen molar-refractivity contribution in [2.24, 2.45) is 5.41 Å². The molecule has 7 nitrogen and oxygen atoms in total. The van der Waals surface area contributed by atoms with Gasteiger partial charge in [-0.05, 0) is 27.2 Å². The summed E-state index contributed by atoms with van der Waals surface area (Å²) in [6, 6.07) is 0. The molecule has 0 aromatic heterocycles. The number of nitrogens with one attached hydrogen (secondary N) is 1. The first-order valence-electron chi connectivity index (χ1n) is 7.23. The van der Waals surface area contributed by atoms with Crippen molar-refractivity contribution in [1.82, 2.24) is 5.32 Å². The van der Waals surface area contributed by atoms with Crippen LogP contribution >= 0.6 is 0 Å². The Hall–Kier alpha value is -1.76. The molecule has 0 rings (SSSR count). The fourth-order valence-corrected chi connectivity index (χ4v) is 1.09. The first kappa shape index (κ1) is 20.2. The lowest BCUT2D eigenvalue weighted by Gasteiger charge is -2.20. The Balaban J connectivity index is 3.54. The summed E-state index contributed by atoms with van der Waals surface area (Å²) >= 11 is 0. The van der Waals surface area contributed by atoms with Gasteiger partial charge >= 0.3 is 12.1 Å². The van der Waals surface area contributed by atoms with Gasteiger partial charge in [-0.25, -0.2) is 4.79 Å². The molecule has 0 aliphatic rings. The van der Waals surface area contributed by atoms with E-state index < -0.39 is 11.5 Å². The maximum Gasteiger partial charge on any atom is 0.407 e. The number of ether oxygens (including phenoxy) is 4. The van der Waals surface area contributed by atoms with Crippen LogP contribution in [0.1, 0.15) is 34.1 Å². The van der Waals surface area contributed by atoms with Gasteiger partial charge < -0.3 is 24.3 Å². The van der Waals surface area contributed by atoms with Crippen LogP contribution in [-0.4, -0.2) is 45.2 Å². The molecular weight excluding hydrogens is 290 g/mol. The van der Waals surface area contributed by atoms with Crippen LogP contribution in [0.3, 0.4) is 0 Å². The molecule has 0 aliphatic carbocycles. The SMILES string of the molecule is C=C(C)OCOCCNC(=O)OCCOC(=O)C(C)(C)CC. The molecule has 0 unspecified atom stereocenters. The van der Waals surface area contributed by atoms with Crippen LogP contribution in [0.2, 0.25) is 0 Å². The minimum absolute atomic E-state index is 0.0109. The molecule has 1 N–H and O–H groups in total. The summed E-state index contributed by atoms with van der Waals surface area (Å²) < 4.78 is 19.9. The zero-order chi connectivity index (χ0) is 17.0. The van der Waals surface area contributed by atoms with Crippen LogP contribution in [0.4, 0.5) is 4.79 Å². The molecule has 128 valence electrons. The molecule has 0 aromatic carbocycles. The summed E-state index contributed by atoms with van der Waals surface area (Å²) in [7, 11) is 0. The molecule has 0 aliphatic heterocycles. The van der Waals surface area contributed by atoms with Gasteiger partial charge in [0.2, 0.25) is 0 Å². The van der Waals surface area contributed by atoms with E-state index in [1.807, 2.05) is 6.92 Å². The monoisotopic (exact) mass is 317 g/mol. The third kappa shape index (κ3) is 10.0. The van der Waals surface area contributed by atoms with E-state index >= 15 is 0 Å². The van der Waals surface area contributed by atoms with Gasteiger partial charge in [0.05, 0.1) is 17.8 Å². The van der Waals surface area contributed by atoms with Crippen LogP contribution in [-0.2, 0) is 23.7 Å². The van der Waals surface area contributed by atoms with Crippen molar-refractivity contribution in [2.45, 2.75) is 34.1 Å². The van der Waals surface area contributed by atoms with Gasteiger partial charge in [-0.2, -0.15) is 0 Å². The van der Waals surface area contributed by atoms with Crippen molar-refractivity contribution in [3.8, 4) is 0 Å². The molecule has 0 fully saturated rings. The average Bonchev–Trinajstić information content (AvgIpc) is 2.46. The predicted molar refractivity (Wildman–Crippen MR) is 81.1 cm³/mol. The Morgan fingerprint density at radius 3 is 2.32 bits per heavy atom. The van der Waals surface area contributed by atoms with Gasteiger partial charge in [0.15, 0.2) is 6.79 Å². The lowest BCUT2D eigenvalue weighted by molar-refractivity contribution is -0.155. The molecule has 0 atom stereocenters. The topological polar surface area (TPSA) is 83.1 Å². The second kappa shape index (κ2) is 10.9. The molecule has 1 amide bonds. The van der Waals surface area contributed by atoms with E-state index in [0.717, 1.165) is 0 Å². The Morgan fingerprint density at radius 1 is 1.09 bits per heavy atom. The number of rotatable bonds is 11. The van der Waals surface area contributed by atoms with Crippen molar-refractivity contribution >= 4 is 12.1 Å². The van der Waals surface area contributed by atoms with E-state index in [-0.39, 0.29) is 26.0 Å². The standard InChI is InChI=1S/C15H27NO6/c1-6-15(4,5)13(17)20-9-10-21-14(18)16-7-8-19-11-22-12(2)3/h2,6-11H2,1,3-5H3,(H,16,18). The zero-order valence-corrected chi connectivity index (χ0v) is 13.9. The lowest BCUT2D eigenvalue weighted by atomic mass is 9.91. The highest BCUT2D eigenvalue weighted by Gasteiger charge is 2.26. The van der Waals surface area contributed by atoms with Gasteiger partial charge in [0.25, 0.3) is 0 Å². The number of hydrogen-bond donors (Lipinski definition) is 1. The van der Waals surface area contributed by atoms with Crippen LogP contribution in [0.15, 0.2) is 12.3 Å². The molecule has 0 saturated carbocycles. The molecule has 0 saturated heterocycles. The van der Waals surface area contributed by atoms with Crippen molar-refractivity contribution in [1.29, 1.82) is 0 Å². The Labute approximate surface area is 131 Å². The zero-order valence-electron chi connectivity index (χ0n) is 13.9. The fourth-order valence-electron chi connectivity index (χ4n) is 1.09. The Kier molecular flexibility index (Phi) is 10.0. The summed E-state index contributed by atoms with van der Waals surface area (Å²) in [6.07, 6.45) is 0.0950. The molecule has 0 spiro atoms. The van der Waals surface area contributed by atoms with E-state index in [9.17, 15) is 9.59 Å². The van der Waals surface area contributed by atoms with Crippen LogP contribution in [0.25, 0.3) is 0 Å². The van der Waals surface area contributed by atoms with Gasteiger partial charge in [-0.15, -0.1) is 0 Å². The van der Waals surface area contributed by atoms with Crippen molar-refractivity contribution < 1.29 is 28.5 Å². The van der Waals surface area contributed by atoms with E-state index in [0.29, 0.717) is 25.3 Å². The highest BCUT2D eigenvalue weighted by atomic mass is 16.7. The van der Waals surface area contributed by atoms with Crippen molar-refractivity contribution in [3.63, 3.8) is 0 Å². The summed E-state index contributed by atoms with van der Waals surface area (Å²) in [4.78, 5) is 23.0. The number of hydrogen-bond acceptors (Lipinski definition) is 6. The van der Waals surface area contributed by atoms with Gasteiger partial charge in [-0.1, -0.05) is 13.5 Å². The molecular formula is C15H27NO6. The molecule has 0 bridgehead atoms. The minimum Gasteiger partial charge on any atom is -0.473 e. The lowest BCUT2D eigenvalue weighted by Crippen LogP contribution is -2.30. The average molecular weight is 317 g/mol. The fraction of sp³-hybridized carbons (Fsp3) is 0.733. The number of carbonyl (C=O) groups is 2. The molecule has 0 aromatic rings. The van der Waals surface area contributed by atoms with E-state index in [2.05, 4.69) is 11.9 Å². The third-order valence-electron chi connectivity index (χ3n) is 2.89. The number of alkyl carbamates (subject to hydrolysis) is 1. The third-order valence-corrected chi connectivity index (χ3v) is 2.89. The molecule has 22 heavy (non-hydrogen) atoms. The molecule has 0 radical (unpaired) electrons. The maximum atomic E-state index is 11.6. The largest absolute Gasteiger partial charge is 0.473 e. The van der Waals surface area contributed by atoms with Gasteiger partial charge in [0, 0.05) is 6.54 Å². The van der Waals surface area contributed by atoms with Crippen LogP contribution < -0.4 is 5.32 Å². The summed E-state index contributed by atoms with van der Waals surface area (Å²) in [5, 5.41) is 2.50. The van der Waals surface area contributed by atoms with E-state index in [1.165, 1.54) is 0 Å². The van der Waals surface area contributed by atoms with Crippen molar-refractivity contribution in [2.75, 3.05) is 33.2 Å². The first-order chi connectivity index (χ1) is 10.3. The number of allylic oxidation sites excluding steroid dienone is 1. The molecule has 7 heteroatoms. The van der Waals surface area contributed by atoms with Crippen molar-refractivity contribution in [3.05, 3.63) is 12.3 Å². The number of esters is 1.